The van der Waals surface area contributed by atoms with Crippen LogP contribution < -0.4 is 9.62 Å². The molecule has 0 aliphatic carbocycles. The number of rotatable bonds is 7. The molecule has 2 rings (SSSR count). The summed E-state index contributed by atoms with van der Waals surface area (Å²) in [6.07, 6.45) is 1.94. The van der Waals surface area contributed by atoms with Crippen LogP contribution in [0.1, 0.15) is 36.2 Å². The average Bonchev–Trinajstić information content (AvgIpc) is 2.60. The monoisotopic (exact) mass is 428 g/mol. The van der Waals surface area contributed by atoms with Crippen molar-refractivity contribution in [2.45, 2.75) is 32.9 Å². The Morgan fingerprint density at radius 3 is 2.15 bits per heavy atom. The van der Waals surface area contributed by atoms with E-state index in [0.29, 0.717) is 26.9 Å². The molecule has 0 saturated heterocycles. The van der Waals surface area contributed by atoms with Crippen LogP contribution in [0.15, 0.2) is 42.5 Å². The molecule has 1 atom stereocenters. The second-order valence-electron chi connectivity index (χ2n) is 6.30. The van der Waals surface area contributed by atoms with E-state index in [0.717, 1.165) is 12.7 Å². The van der Waals surface area contributed by atoms with E-state index < -0.39 is 10.0 Å². The molecule has 5 nitrogen and oxygen atoms in total. The van der Waals surface area contributed by atoms with Gasteiger partial charge in [-0.2, -0.15) is 0 Å². The van der Waals surface area contributed by atoms with Gasteiger partial charge in [-0.1, -0.05) is 36.2 Å². The highest BCUT2D eigenvalue weighted by atomic mass is 35.5. The van der Waals surface area contributed by atoms with Crippen LogP contribution in [0.4, 0.5) is 5.69 Å². The Bertz CT molecular complexity index is 895. The summed E-state index contributed by atoms with van der Waals surface area (Å²) in [5.41, 5.74) is 1.40. The van der Waals surface area contributed by atoms with E-state index in [9.17, 15) is 13.2 Å². The van der Waals surface area contributed by atoms with Crippen molar-refractivity contribution < 1.29 is 13.2 Å². The maximum absolute atomic E-state index is 12.3. The third-order valence-corrected chi connectivity index (χ3v) is 6.02. The first-order valence-electron chi connectivity index (χ1n) is 8.45. The average molecular weight is 429 g/mol. The third-order valence-electron chi connectivity index (χ3n) is 4.17. The molecule has 0 saturated carbocycles. The molecule has 1 N–H and O–H groups in total. The fourth-order valence-corrected chi connectivity index (χ4v) is 3.80. The van der Waals surface area contributed by atoms with Crippen molar-refractivity contribution in [1.29, 1.82) is 0 Å². The molecule has 0 bridgehead atoms. The molecule has 0 aromatic heterocycles. The number of nitrogens with zero attached hydrogens (tertiary/aromatic N) is 1. The van der Waals surface area contributed by atoms with Crippen molar-refractivity contribution in [3.63, 3.8) is 0 Å². The minimum absolute atomic E-state index is 0.00421. The van der Waals surface area contributed by atoms with E-state index >= 15 is 0 Å². The van der Waals surface area contributed by atoms with Gasteiger partial charge in [0, 0.05) is 27.2 Å². The van der Waals surface area contributed by atoms with Crippen LogP contribution in [0.5, 0.6) is 0 Å². The second kappa shape index (κ2) is 8.95. The predicted molar refractivity (Wildman–Crippen MR) is 111 cm³/mol. The van der Waals surface area contributed by atoms with Crippen LogP contribution in [0.25, 0.3) is 0 Å². The molecule has 8 heteroatoms. The lowest BCUT2D eigenvalue weighted by Crippen LogP contribution is -2.32. The van der Waals surface area contributed by atoms with Crippen molar-refractivity contribution in [3.05, 3.63) is 63.6 Å². The molecule has 0 heterocycles. The lowest BCUT2D eigenvalue weighted by atomic mass is 10.1. The highest BCUT2D eigenvalue weighted by Gasteiger charge is 2.21. The molecular weight excluding hydrogens is 407 g/mol. The Labute approximate surface area is 170 Å². The van der Waals surface area contributed by atoms with Crippen molar-refractivity contribution in [3.8, 4) is 0 Å². The lowest BCUT2D eigenvalue weighted by molar-refractivity contribution is 0.0939. The van der Waals surface area contributed by atoms with Gasteiger partial charge >= 0.3 is 0 Å². The molecule has 2 aromatic rings. The van der Waals surface area contributed by atoms with Crippen LogP contribution in [0, 0.1) is 0 Å². The number of nitrogens with one attached hydrogen (secondary N) is 1. The Balaban J connectivity index is 2.32. The second-order valence-corrected chi connectivity index (χ2v) is 9.02. The van der Waals surface area contributed by atoms with E-state index in [1.54, 1.807) is 42.5 Å². The van der Waals surface area contributed by atoms with Gasteiger partial charge in [-0.15, -0.1) is 0 Å². The maximum Gasteiger partial charge on any atom is 0.251 e. The Kier molecular flexibility index (Phi) is 7.14. The largest absolute Gasteiger partial charge is 0.350 e. The zero-order chi connectivity index (χ0) is 20.2. The van der Waals surface area contributed by atoms with Crippen molar-refractivity contribution in [2.75, 3.05) is 10.6 Å². The van der Waals surface area contributed by atoms with Gasteiger partial charge < -0.3 is 5.32 Å². The SMILES string of the molecule is CC[C@H](C)NC(=O)c1ccc(N(Cc2c(Cl)cccc2Cl)S(C)(=O)=O)cc1. The molecule has 0 fully saturated rings. The Hall–Kier alpha value is -1.76. The number of carbonyl (C=O) groups excluding carboxylic acids is 1. The van der Waals surface area contributed by atoms with Gasteiger partial charge in [0.05, 0.1) is 18.5 Å². The summed E-state index contributed by atoms with van der Waals surface area (Å²) in [5.74, 6) is -0.198. The van der Waals surface area contributed by atoms with E-state index in [4.69, 9.17) is 23.2 Å². The van der Waals surface area contributed by atoms with Gasteiger partial charge in [-0.05, 0) is 49.7 Å². The first kappa shape index (κ1) is 21.5. The summed E-state index contributed by atoms with van der Waals surface area (Å²) in [5, 5.41) is 3.65. The van der Waals surface area contributed by atoms with Crippen LogP contribution in [0.3, 0.4) is 0 Å². The Morgan fingerprint density at radius 2 is 1.67 bits per heavy atom. The molecule has 0 aliphatic rings. The number of sulfonamides is 1. The van der Waals surface area contributed by atoms with E-state index in [1.807, 2.05) is 13.8 Å². The molecule has 27 heavy (non-hydrogen) atoms. The molecule has 0 aliphatic heterocycles. The van der Waals surface area contributed by atoms with Crippen LogP contribution in [-0.2, 0) is 16.6 Å². The highest BCUT2D eigenvalue weighted by Crippen LogP contribution is 2.29. The quantitative estimate of drug-likeness (QED) is 0.706. The predicted octanol–water partition coefficient (Wildman–Crippen LogP) is 4.49. The van der Waals surface area contributed by atoms with E-state index in [2.05, 4.69) is 5.32 Å². The van der Waals surface area contributed by atoms with Gasteiger partial charge in [0.1, 0.15) is 0 Å². The van der Waals surface area contributed by atoms with E-state index in [1.165, 1.54) is 4.31 Å². The first-order chi connectivity index (χ1) is 12.6. The third kappa shape index (κ3) is 5.61. The van der Waals surface area contributed by atoms with Gasteiger partial charge in [-0.25, -0.2) is 8.42 Å². The summed E-state index contributed by atoms with van der Waals surface area (Å²) in [7, 11) is -3.59. The summed E-state index contributed by atoms with van der Waals surface area (Å²) in [4.78, 5) is 12.2. The molecular formula is C19H22Cl2N2O3S. The minimum atomic E-state index is -3.59. The van der Waals surface area contributed by atoms with Gasteiger partial charge in [0.25, 0.3) is 5.91 Å². The number of carbonyl (C=O) groups is 1. The van der Waals surface area contributed by atoms with Crippen LogP contribution in [0.2, 0.25) is 10.0 Å². The number of hydrogen-bond acceptors (Lipinski definition) is 3. The van der Waals surface area contributed by atoms with Crippen molar-refractivity contribution >= 4 is 44.8 Å². The zero-order valence-electron chi connectivity index (χ0n) is 15.4. The number of halogens is 2. The fourth-order valence-electron chi connectivity index (χ4n) is 2.42. The van der Waals surface area contributed by atoms with Gasteiger partial charge in [-0.3, -0.25) is 9.10 Å². The number of hydrogen-bond donors (Lipinski definition) is 1. The summed E-state index contributed by atoms with van der Waals surface area (Å²) >= 11 is 12.4. The maximum atomic E-state index is 12.3. The molecule has 0 unspecified atom stereocenters. The first-order valence-corrected chi connectivity index (χ1v) is 11.1. The fraction of sp³-hybridized carbons (Fsp3) is 0.316. The normalized spacial score (nSPS) is 12.5. The smallest absolute Gasteiger partial charge is 0.251 e. The lowest BCUT2D eigenvalue weighted by Gasteiger charge is -2.24. The van der Waals surface area contributed by atoms with Crippen LogP contribution in [-0.4, -0.2) is 26.6 Å². The molecule has 1 amide bonds. The van der Waals surface area contributed by atoms with Crippen molar-refractivity contribution in [2.24, 2.45) is 0 Å². The van der Waals surface area contributed by atoms with E-state index in [-0.39, 0.29) is 18.5 Å². The summed E-state index contributed by atoms with van der Waals surface area (Å²) < 4.78 is 25.8. The standard InChI is InChI=1S/C19H22Cl2N2O3S/c1-4-13(2)22-19(24)14-8-10-15(11-9-14)23(27(3,25)26)12-16-17(20)6-5-7-18(16)21/h5-11,13H,4,12H2,1-3H3,(H,22,24)/t13-/m0/s1. The summed E-state index contributed by atoms with van der Waals surface area (Å²) in [6.45, 7) is 3.90. The number of amides is 1. The topological polar surface area (TPSA) is 66.5 Å². The molecule has 0 spiro atoms. The van der Waals surface area contributed by atoms with Crippen molar-refractivity contribution in [1.82, 2.24) is 5.32 Å². The Morgan fingerprint density at radius 1 is 1.11 bits per heavy atom. The minimum Gasteiger partial charge on any atom is -0.350 e. The molecule has 146 valence electrons. The zero-order valence-corrected chi connectivity index (χ0v) is 17.7. The number of benzene rings is 2. The highest BCUT2D eigenvalue weighted by molar-refractivity contribution is 7.92. The molecule has 2 aromatic carbocycles. The number of anilines is 1. The van der Waals surface area contributed by atoms with Crippen LogP contribution >= 0.6 is 23.2 Å². The summed E-state index contributed by atoms with van der Waals surface area (Å²) in [6, 6.07) is 11.5. The van der Waals surface area contributed by atoms with Gasteiger partial charge in [0.15, 0.2) is 0 Å². The van der Waals surface area contributed by atoms with Gasteiger partial charge in [0.2, 0.25) is 10.0 Å². The molecule has 0 radical (unpaired) electrons.